The van der Waals surface area contributed by atoms with Crippen LogP contribution in [0.15, 0.2) is 53.6 Å². The lowest BCUT2D eigenvalue weighted by molar-refractivity contribution is -0.138. The molecule has 2 heterocycles. The number of ether oxygens (including phenoxy) is 2. The van der Waals surface area contributed by atoms with E-state index in [1.54, 1.807) is 6.92 Å². The Kier molecular flexibility index (Phi) is 5.62. The number of allylic oxidation sites excluding steroid dienone is 2. The minimum Gasteiger partial charge on any atom is -0.458 e. The molecule has 0 bridgehead atoms. The Bertz CT molecular complexity index is 1140. The van der Waals surface area contributed by atoms with Crippen LogP contribution in [-0.2, 0) is 14.3 Å². The Balaban J connectivity index is 2.25. The number of carbonyl (C=O) groups excluding carboxylic acids is 1. The molecule has 6 nitrogen and oxygen atoms in total. The average Bonchev–Trinajstić information content (AvgIpc) is 2.66. The predicted octanol–water partition coefficient (Wildman–Crippen LogP) is 4.32. The summed E-state index contributed by atoms with van der Waals surface area (Å²) < 4.78 is 10.7. The summed E-state index contributed by atoms with van der Waals surface area (Å²) in [6.45, 7) is 9.15. The first kappa shape index (κ1) is 20.4. The van der Waals surface area contributed by atoms with Gasteiger partial charge >= 0.3 is 5.97 Å². The van der Waals surface area contributed by atoms with Gasteiger partial charge in [-0.1, -0.05) is 24.3 Å². The number of hydrogen-bond acceptors (Lipinski definition) is 6. The number of benzene rings is 1. The van der Waals surface area contributed by atoms with E-state index in [-0.39, 0.29) is 34.5 Å². The highest BCUT2D eigenvalue weighted by atomic mass is 35.5. The van der Waals surface area contributed by atoms with Crippen molar-refractivity contribution in [3.63, 3.8) is 0 Å². The second-order valence-corrected chi connectivity index (χ2v) is 7.14. The molecule has 0 unspecified atom stereocenters. The minimum absolute atomic E-state index is 0.0194. The first-order chi connectivity index (χ1) is 13.8. The highest BCUT2D eigenvalue weighted by molar-refractivity contribution is 6.30. The average molecular weight is 410 g/mol. The molecule has 2 aromatic rings. The van der Waals surface area contributed by atoms with Gasteiger partial charge in [-0.3, -0.25) is 0 Å². The van der Waals surface area contributed by atoms with Crippen molar-refractivity contribution in [2.45, 2.75) is 26.7 Å². The van der Waals surface area contributed by atoms with Crippen molar-refractivity contribution in [3.05, 3.63) is 75.5 Å². The monoisotopic (exact) mass is 409 g/mol. The van der Waals surface area contributed by atoms with Crippen molar-refractivity contribution in [1.29, 1.82) is 5.26 Å². The van der Waals surface area contributed by atoms with Gasteiger partial charge in [-0.15, -0.1) is 0 Å². The van der Waals surface area contributed by atoms with E-state index in [2.05, 4.69) is 11.6 Å². The Morgan fingerprint density at radius 3 is 2.72 bits per heavy atom. The molecular formula is C22H20ClN3O3. The van der Waals surface area contributed by atoms with E-state index in [0.29, 0.717) is 5.56 Å². The molecule has 148 valence electrons. The lowest BCUT2D eigenvalue weighted by Crippen LogP contribution is -2.26. The number of nitrogens with zero attached hydrogens (tertiary/aromatic N) is 2. The van der Waals surface area contributed by atoms with E-state index >= 15 is 0 Å². The predicted molar refractivity (Wildman–Crippen MR) is 111 cm³/mol. The molecule has 1 aromatic carbocycles. The summed E-state index contributed by atoms with van der Waals surface area (Å²) in [5.41, 5.74) is 9.56. The molecule has 1 aliphatic rings. The smallest absolute Gasteiger partial charge is 0.338 e. The molecule has 0 saturated carbocycles. The zero-order valence-corrected chi connectivity index (χ0v) is 17.1. The summed E-state index contributed by atoms with van der Waals surface area (Å²) in [6.07, 6.45) is 1.46. The van der Waals surface area contributed by atoms with Crippen molar-refractivity contribution in [3.8, 4) is 6.07 Å². The topological polar surface area (TPSA) is 98.2 Å². The molecular weight excluding hydrogens is 390 g/mol. The normalized spacial score (nSPS) is 16.4. The van der Waals surface area contributed by atoms with Gasteiger partial charge < -0.3 is 15.2 Å². The maximum absolute atomic E-state index is 12.7. The van der Waals surface area contributed by atoms with Crippen LogP contribution in [0.4, 0.5) is 0 Å². The van der Waals surface area contributed by atoms with Crippen molar-refractivity contribution < 1.29 is 14.3 Å². The number of hydrogen-bond donors (Lipinski definition) is 1. The maximum Gasteiger partial charge on any atom is 0.338 e. The summed E-state index contributed by atoms with van der Waals surface area (Å²) in [7, 11) is 0. The van der Waals surface area contributed by atoms with Crippen LogP contribution >= 0.6 is 11.6 Å². The van der Waals surface area contributed by atoms with E-state index in [1.807, 2.05) is 38.1 Å². The van der Waals surface area contributed by atoms with Crippen molar-refractivity contribution in [2.75, 3.05) is 6.61 Å². The zero-order chi connectivity index (χ0) is 21.3. The SMILES string of the molecule is C=CCOC(=O)C1=C(C)OC(N)=C(C#N)[C@@H]1c1cc2cc(C)c(C)cc2nc1Cl. The molecule has 0 radical (unpaired) electrons. The lowest BCUT2D eigenvalue weighted by atomic mass is 9.83. The fourth-order valence-electron chi connectivity index (χ4n) is 3.30. The van der Waals surface area contributed by atoms with E-state index in [0.717, 1.165) is 22.0 Å². The Labute approximate surface area is 173 Å². The lowest BCUT2D eigenvalue weighted by Gasteiger charge is -2.27. The minimum atomic E-state index is -0.850. The molecule has 0 aliphatic carbocycles. The van der Waals surface area contributed by atoms with Gasteiger partial charge in [0.25, 0.3) is 0 Å². The van der Waals surface area contributed by atoms with Crippen LogP contribution in [0.1, 0.15) is 29.5 Å². The number of rotatable bonds is 4. The Hall–Kier alpha value is -3.30. The summed E-state index contributed by atoms with van der Waals surface area (Å²) in [4.78, 5) is 17.2. The number of nitrogens with two attached hydrogens (primary N) is 1. The zero-order valence-electron chi connectivity index (χ0n) is 16.4. The summed E-state index contributed by atoms with van der Waals surface area (Å²) in [5, 5.41) is 10.7. The molecule has 29 heavy (non-hydrogen) atoms. The van der Waals surface area contributed by atoms with E-state index in [9.17, 15) is 10.1 Å². The van der Waals surface area contributed by atoms with Crippen LogP contribution < -0.4 is 5.73 Å². The number of halogens is 1. The fourth-order valence-corrected chi connectivity index (χ4v) is 3.56. The summed E-state index contributed by atoms with van der Waals surface area (Å²) >= 11 is 6.51. The fraction of sp³-hybridized carbons (Fsp3) is 0.227. The number of pyridine rings is 1. The molecule has 0 saturated heterocycles. The molecule has 3 rings (SSSR count). The van der Waals surface area contributed by atoms with Crippen LogP contribution in [0.5, 0.6) is 0 Å². The molecule has 7 heteroatoms. The van der Waals surface area contributed by atoms with Crippen LogP contribution in [0.2, 0.25) is 5.15 Å². The number of aryl methyl sites for hydroxylation is 2. The summed E-state index contributed by atoms with van der Waals surface area (Å²) in [5.74, 6) is -1.32. The van der Waals surface area contributed by atoms with Crippen molar-refractivity contribution in [2.24, 2.45) is 5.73 Å². The van der Waals surface area contributed by atoms with Crippen LogP contribution in [0.25, 0.3) is 10.9 Å². The number of nitriles is 1. The van der Waals surface area contributed by atoms with E-state index in [1.165, 1.54) is 6.08 Å². The van der Waals surface area contributed by atoms with Gasteiger partial charge in [-0.05, 0) is 50.1 Å². The maximum atomic E-state index is 12.7. The highest BCUT2D eigenvalue weighted by Crippen LogP contribution is 2.42. The highest BCUT2D eigenvalue weighted by Gasteiger charge is 2.37. The summed E-state index contributed by atoms with van der Waals surface area (Å²) in [6, 6.07) is 7.80. The largest absolute Gasteiger partial charge is 0.458 e. The number of aromatic nitrogens is 1. The third kappa shape index (κ3) is 3.69. The van der Waals surface area contributed by atoms with Gasteiger partial charge in [0.15, 0.2) is 0 Å². The van der Waals surface area contributed by atoms with Crippen molar-refractivity contribution in [1.82, 2.24) is 4.98 Å². The molecule has 2 N–H and O–H groups in total. The van der Waals surface area contributed by atoms with Crippen LogP contribution in [-0.4, -0.2) is 17.6 Å². The van der Waals surface area contributed by atoms with Crippen molar-refractivity contribution >= 4 is 28.5 Å². The second kappa shape index (κ2) is 7.98. The van der Waals surface area contributed by atoms with Crippen LogP contribution in [0, 0.1) is 25.2 Å². The van der Waals surface area contributed by atoms with Gasteiger partial charge in [-0.2, -0.15) is 5.26 Å². The molecule has 1 aromatic heterocycles. The third-order valence-electron chi connectivity index (χ3n) is 4.88. The molecule has 1 atom stereocenters. The Morgan fingerprint density at radius 2 is 2.07 bits per heavy atom. The second-order valence-electron chi connectivity index (χ2n) is 6.78. The Morgan fingerprint density at radius 1 is 1.38 bits per heavy atom. The number of fused-ring (bicyclic) bond motifs is 1. The third-order valence-corrected chi connectivity index (χ3v) is 5.18. The first-order valence-corrected chi connectivity index (χ1v) is 9.30. The van der Waals surface area contributed by atoms with Gasteiger partial charge in [0.1, 0.15) is 29.2 Å². The number of carbonyl (C=O) groups is 1. The van der Waals surface area contributed by atoms with E-state index in [4.69, 9.17) is 26.8 Å². The molecule has 0 amide bonds. The van der Waals surface area contributed by atoms with Gasteiger partial charge in [0, 0.05) is 10.9 Å². The molecule has 0 fully saturated rings. The van der Waals surface area contributed by atoms with Gasteiger partial charge in [-0.25, -0.2) is 9.78 Å². The molecule has 1 aliphatic heterocycles. The van der Waals surface area contributed by atoms with E-state index < -0.39 is 11.9 Å². The quantitative estimate of drug-likeness (QED) is 0.458. The first-order valence-electron chi connectivity index (χ1n) is 8.92. The number of esters is 1. The van der Waals surface area contributed by atoms with Gasteiger partial charge in [0.05, 0.1) is 17.0 Å². The molecule has 0 spiro atoms. The van der Waals surface area contributed by atoms with Crippen LogP contribution in [0.3, 0.4) is 0 Å². The van der Waals surface area contributed by atoms with Gasteiger partial charge in [0.2, 0.25) is 5.88 Å². The standard InChI is InChI=1S/C22H20ClN3O3/c1-5-6-28-22(27)18-13(4)29-21(25)16(10-24)19(18)15-9-14-7-11(2)12(3)8-17(14)26-20(15)23/h5,7-9,19H,1,6,25H2,2-4H3/t19-/m0/s1.